The van der Waals surface area contributed by atoms with Crippen LogP contribution in [0.3, 0.4) is 0 Å². The SMILES string of the molecule is CCOC(=O)C1=C(CN2CC(F)(F)C[C@H]2CCCCC(=O)O)NC(c2nccs2)=N[C@H]1c1ccc([SiH3])cc1Cl. The number of alkyl halides is 2. The fourth-order valence-corrected chi connectivity index (χ4v) is 6.56. The Bertz CT molecular complexity index is 1270. The molecule has 0 unspecified atom stereocenters. The number of unbranched alkanes of at least 4 members (excludes halogenated alkanes) is 1. The lowest BCUT2D eigenvalue weighted by Gasteiger charge is -2.31. The van der Waals surface area contributed by atoms with Gasteiger partial charge in [-0.1, -0.05) is 35.3 Å². The molecule has 4 rings (SSSR count). The first-order chi connectivity index (χ1) is 18.6. The van der Waals surface area contributed by atoms with Crippen LogP contribution in [-0.4, -0.2) is 74.7 Å². The highest BCUT2D eigenvalue weighted by Crippen LogP contribution is 2.39. The first-order valence-corrected chi connectivity index (χ1v) is 15.1. The van der Waals surface area contributed by atoms with E-state index in [1.165, 1.54) is 11.3 Å². The number of aromatic nitrogens is 1. The molecule has 0 saturated carbocycles. The molecule has 1 saturated heterocycles. The molecule has 210 valence electrons. The molecule has 1 fully saturated rings. The van der Waals surface area contributed by atoms with E-state index in [1.807, 2.05) is 18.2 Å². The Labute approximate surface area is 237 Å². The van der Waals surface area contributed by atoms with Gasteiger partial charge in [0.05, 0.1) is 18.7 Å². The third-order valence-electron chi connectivity index (χ3n) is 6.73. The van der Waals surface area contributed by atoms with Crippen molar-refractivity contribution in [3.05, 3.63) is 56.6 Å². The molecule has 0 radical (unpaired) electrons. The minimum atomic E-state index is -2.90. The molecule has 0 amide bonds. The highest BCUT2D eigenvalue weighted by molar-refractivity contribution is 7.11. The number of esters is 1. The lowest BCUT2D eigenvalue weighted by molar-refractivity contribution is -0.139. The van der Waals surface area contributed by atoms with Crippen molar-refractivity contribution in [3.63, 3.8) is 0 Å². The van der Waals surface area contributed by atoms with E-state index < -0.39 is 36.5 Å². The van der Waals surface area contributed by atoms with E-state index in [4.69, 9.17) is 26.4 Å². The highest BCUT2D eigenvalue weighted by atomic mass is 35.5. The molecule has 2 aliphatic heterocycles. The van der Waals surface area contributed by atoms with E-state index in [0.717, 1.165) is 15.4 Å². The van der Waals surface area contributed by atoms with E-state index in [0.29, 0.717) is 46.4 Å². The van der Waals surface area contributed by atoms with E-state index in [2.05, 4.69) is 10.3 Å². The van der Waals surface area contributed by atoms with Crippen molar-refractivity contribution in [2.45, 2.75) is 57.0 Å². The van der Waals surface area contributed by atoms with E-state index in [1.54, 1.807) is 23.4 Å². The number of rotatable bonds is 11. The summed E-state index contributed by atoms with van der Waals surface area (Å²) in [6.45, 7) is 1.39. The number of hydrogen-bond donors (Lipinski definition) is 2. The van der Waals surface area contributed by atoms with Crippen molar-refractivity contribution in [2.24, 2.45) is 4.99 Å². The molecule has 0 aliphatic carbocycles. The Morgan fingerprint density at radius 3 is 2.82 bits per heavy atom. The van der Waals surface area contributed by atoms with Crippen molar-refractivity contribution in [1.82, 2.24) is 15.2 Å². The van der Waals surface area contributed by atoms with Crippen molar-refractivity contribution in [1.29, 1.82) is 0 Å². The second kappa shape index (κ2) is 12.7. The van der Waals surface area contributed by atoms with Gasteiger partial charge in [0.25, 0.3) is 5.92 Å². The quantitative estimate of drug-likeness (QED) is 0.233. The summed E-state index contributed by atoms with van der Waals surface area (Å²) < 4.78 is 34.7. The van der Waals surface area contributed by atoms with Crippen LogP contribution < -0.4 is 10.5 Å². The lowest BCUT2D eigenvalue weighted by Crippen LogP contribution is -2.41. The van der Waals surface area contributed by atoms with Crippen LogP contribution in [0, 0.1) is 0 Å². The third kappa shape index (κ3) is 7.30. The number of thiazole rings is 1. The van der Waals surface area contributed by atoms with Gasteiger partial charge in [0.2, 0.25) is 0 Å². The highest BCUT2D eigenvalue weighted by Gasteiger charge is 2.45. The number of amidine groups is 1. The van der Waals surface area contributed by atoms with Crippen LogP contribution in [0.25, 0.3) is 0 Å². The number of nitrogens with zero attached hydrogens (tertiary/aromatic N) is 3. The fourth-order valence-electron chi connectivity index (χ4n) is 4.99. The summed E-state index contributed by atoms with van der Waals surface area (Å²) in [5.74, 6) is -3.97. The van der Waals surface area contributed by atoms with Gasteiger partial charge in [0.15, 0.2) is 10.8 Å². The molecule has 8 nitrogen and oxygen atoms in total. The largest absolute Gasteiger partial charge is 0.481 e. The predicted octanol–water partition coefficient (Wildman–Crippen LogP) is 3.05. The number of ether oxygens (including phenoxy) is 1. The van der Waals surface area contributed by atoms with Crippen LogP contribution in [0.2, 0.25) is 5.02 Å². The Morgan fingerprint density at radius 2 is 2.15 bits per heavy atom. The van der Waals surface area contributed by atoms with Gasteiger partial charge in [-0.3, -0.25) is 14.7 Å². The third-order valence-corrected chi connectivity index (χ3v) is 8.46. The summed E-state index contributed by atoms with van der Waals surface area (Å²) in [5, 5.41) is 16.1. The molecule has 2 aromatic rings. The molecule has 0 spiro atoms. The molecular formula is C26H31ClF2N4O4SSi. The van der Waals surface area contributed by atoms with Gasteiger partial charge in [-0.15, -0.1) is 11.3 Å². The molecule has 3 heterocycles. The van der Waals surface area contributed by atoms with Gasteiger partial charge in [0, 0.05) is 63.5 Å². The number of hydrogen-bond acceptors (Lipinski definition) is 8. The smallest absolute Gasteiger partial charge is 0.338 e. The lowest BCUT2D eigenvalue weighted by atomic mass is 9.95. The van der Waals surface area contributed by atoms with Crippen molar-refractivity contribution in [3.8, 4) is 0 Å². The molecule has 2 atom stereocenters. The second-order valence-corrected chi connectivity index (χ2v) is 12.2. The summed E-state index contributed by atoms with van der Waals surface area (Å²) in [6, 6.07) is 4.34. The number of carboxylic acid groups (broad SMARTS) is 1. The maximum absolute atomic E-state index is 14.6. The van der Waals surface area contributed by atoms with Gasteiger partial charge < -0.3 is 15.2 Å². The first-order valence-electron chi connectivity index (χ1n) is 12.8. The maximum atomic E-state index is 14.6. The zero-order valence-electron chi connectivity index (χ0n) is 21.8. The van der Waals surface area contributed by atoms with Crippen LogP contribution >= 0.6 is 22.9 Å². The summed E-state index contributed by atoms with van der Waals surface area (Å²) in [4.78, 5) is 35.1. The second-order valence-electron chi connectivity index (χ2n) is 9.74. The number of aliphatic carboxylic acids is 1. The van der Waals surface area contributed by atoms with E-state index >= 15 is 0 Å². The van der Waals surface area contributed by atoms with Crippen LogP contribution in [0.1, 0.15) is 55.6 Å². The molecule has 13 heteroatoms. The number of carbonyl (C=O) groups excluding carboxylic acids is 1. The molecular weight excluding hydrogens is 566 g/mol. The minimum absolute atomic E-state index is 0.00204. The number of halogens is 3. The fraction of sp³-hybridized carbons (Fsp3) is 0.462. The average molecular weight is 597 g/mol. The molecule has 2 N–H and O–H groups in total. The zero-order chi connectivity index (χ0) is 28.2. The Hall–Kier alpha value is -2.67. The molecule has 1 aromatic heterocycles. The minimum Gasteiger partial charge on any atom is -0.481 e. The number of carbonyl (C=O) groups is 2. The van der Waals surface area contributed by atoms with Gasteiger partial charge in [-0.2, -0.15) is 0 Å². The molecule has 39 heavy (non-hydrogen) atoms. The van der Waals surface area contributed by atoms with Crippen LogP contribution in [0.5, 0.6) is 0 Å². The number of likely N-dealkylation sites (tertiary alicyclic amines) is 1. The Kier molecular flexibility index (Phi) is 9.52. The summed E-state index contributed by atoms with van der Waals surface area (Å²) in [6.07, 6.45) is 2.66. The zero-order valence-corrected chi connectivity index (χ0v) is 25.3. The Balaban J connectivity index is 1.73. The molecule has 2 aliphatic rings. The Morgan fingerprint density at radius 1 is 1.36 bits per heavy atom. The summed E-state index contributed by atoms with van der Waals surface area (Å²) in [5.41, 5.74) is 1.25. The summed E-state index contributed by atoms with van der Waals surface area (Å²) in [7, 11) is 0.795. The van der Waals surface area contributed by atoms with Crippen molar-refractivity contribution >= 4 is 56.1 Å². The van der Waals surface area contributed by atoms with Crippen LogP contribution in [0.15, 0.2) is 46.0 Å². The van der Waals surface area contributed by atoms with Crippen LogP contribution in [0.4, 0.5) is 8.78 Å². The van der Waals surface area contributed by atoms with Gasteiger partial charge in [0.1, 0.15) is 6.04 Å². The topological polar surface area (TPSA) is 104 Å². The van der Waals surface area contributed by atoms with Gasteiger partial charge in [-0.05, 0) is 25.8 Å². The molecule has 1 aromatic carbocycles. The van der Waals surface area contributed by atoms with E-state index in [-0.39, 0.29) is 31.6 Å². The normalized spacial score (nSPS) is 21.1. The summed E-state index contributed by atoms with van der Waals surface area (Å²) >= 11 is 8.01. The monoisotopic (exact) mass is 596 g/mol. The maximum Gasteiger partial charge on any atom is 0.338 e. The number of benzene rings is 1. The standard InChI is InChI=1S/C26H31ClF2N4O4SSi/c1-2-37-25(36)21-19(13-33-14-26(28,29)12-15(33)5-3-4-6-20(34)35)31-23(24-30-9-10-38-24)32-22(21)17-8-7-16(39)11-18(17)27/h7-11,15,22H,2-6,12-14H2,1,39H3,(H,31,32)(H,34,35)/t15-,22+/m1/s1. The van der Waals surface area contributed by atoms with Crippen molar-refractivity contribution in [2.75, 3.05) is 19.7 Å². The van der Waals surface area contributed by atoms with Gasteiger partial charge in [-0.25, -0.2) is 18.6 Å². The number of nitrogens with one attached hydrogen (secondary N) is 1. The predicted molar refractivity (Wildman–Crippen MR) is 150 cm³/mol. The van der Waals surface area contributed by atoms with E-state index in [9.17, 15) is 18.4 Å². The molecule has 0 bridgehead atoms. The van der Waals surface area contributed by atoms with Crippen molar-refractivity contribution < 1.29 is 28.2 Å². The van der Waals surface area contributed by atoms with Crippen LogP contribution in [-0.2, 0) is 14.3 Å². The average Bonchev–Trinajstić information content (AvgIpc) is 3.49. The number of aliphatic imine (C=N–C) groups is 1. The first kappa shape index (κ1) is 29.3. The van der Waals surface area contributed by atoms with Gasteiger partial charge >= 0.3 is 11.9 Å². The number of carboxylic acids is 1.